The third-order valence-corrected chi connectivity index (χ3v) is 3.62. The van der Waals surface area contributed by atoms with Gasteiger partial charge in [0.2, 0.25) is 0 Å². The second kappa shape index (κ2) is 7.26. The first-order chi connectivity index (χ1) is 9.95. The number of nitrogens with one attached hydrogen (secondary N) is 1. The number of anilines is 1. The molecule has 0 aliphatic heterocycles. The molecule has 0 atom stereocenters. The molecule has 0 spiro atoms. The monoisotopic (exact) mass is 343 g/mol. The highest BCUT2D eigenvalue weighted by Crippen LogP contribution is 2.28. The maximum atomic E-state index is 6.21. The van der Waals surface area contributed by atoms with Gasteiger partial charge in [-0.1, -0.05) is 40.9 Å². The quantitative estimate of drug-likeness (QED) is 0.713. The minimum Gasteiger partial charge on any atom is -0.489 e. The van der Waals surface area contributed by atoms with E-state index >= 15 is 0 Å². The van der Waals surface area contributed by atoms with Crippen LogP contribution in [0.25, 0.3) is 0 Å². The Morgan fingerprint density at radius 2 is 1.76 bits per heavy atom. The van der Waals surface area contributed by atoms with E-state index in [0.717, 1.165) is 11.3 Å². The summed E-state index contributed by atoms with van der Waals surface area (Å²) in [6, 6.07) is 11.1. The van der Waals surface area contributed by atoms with Crippen molar-refractivity contribution in [2.24, 2.45) is 0 Å². The summed E-state index contributed by atoms with van der Waals surface area (Å²) in [5.74, 6) is 0.694. The van der Waals surface area contributed by atoms with Gasteiger partial charge in [0.15, 0.2) is 0 Å². The number of benzene rings is 2. The van der Waals surface area contributed by atoms with E-state index in [1.807, 2.05) is 38.1 Å². The molecule has 1 N–H and O–H groups in total. The van der Waals surface area contributed by atoms with Crippen molar-refractivity contribution in [3.63, 3.8) is 0 Å². The fourth-order valence-electron chi connectivity index (χ4n) is 1.83. The van der Waals surface area contributed by atoms with Gasteiger partial charge in [-0.05, 0) is 49.7 Å². The Morgan fingerprint density at radius 1 is 1.00 bits per heavy atom. The Kier molecular flexibility index (Phi) is 5.63. The Hall–Kier alpha value is -1.09. The summed E-state index contributed by atoms with van der Waals surface area (Å²) in [5.41, 5.74) is 1.88. The van der Waals surface area contributed by atoms with Crippen molar-refractivity contribution in [3.05, 3.63) is 57.0 Å². The second-order valence-corrected chi connectivity index (χ2v) is 6.16. The van der Waals surface area contributed by atoms with Gasteiger partial charge in [0.05, 0.1) is 21.8 Å². The second-order valence-electron chi connectivity index (χ2n) is 4.91. The van der Waals surface area contributed by atoms with E-state index in [0.29, 0.717) is 27.4 Å². The molecule has 2 aromatic carbocycles. The van der Waals surface area contributed by atoms with Crippen molar-refractivity contribution >= 4 is 40.5 Å². The first kappa shape index (κ1) is 16.3. The molecule has 0 aromatic heterocycles. The largest absolute Gasteiger partial charge is 0.489 e. The summed E-state index contributed by atoms with van der Waals surface area (Å²) >= 11 is 18.2. The Balaban J connectivity index is 2.05. The van der Waals surface area contributed by atoms with Crippen LogP contribution in [-0.4, -0.2) is 6.10 Å². The minimum atomic E-state index is 0.0966. The summed E-state index contributed by atoms with van der Waals surface area (Å²) in [6.45, 7) is 4.55. The maximum Gasteiger partial charge on any atom is 0.138 e. The molecule has 2 aromatic rings. The minimum absolute atomic E-state index is 0.0966. The van der Waals surface area contributed by atoms with Crippen molar-refractivity contribution in [3.8, 4) is 5.75 Å². The van der Waals surface area contributed by atoms with E-state index in [1.54, 1.807) is 12.1 Å². The predicted molar refractivity (Wildman–Crippen MR) is 91.0 cm³/mol. The SMILES string of the molecule is CC(C)Oc1ccc(CNc2ccc(Cl)cc2Cl)cc1Cl. The summed E-state index contributed by atoms with van der Waals surface area (Å²) in [7, 11) is 0. The lowest BCUT2D eigenvalue weighted by atomic mass is 10.2. The maximum absolute atomic E-state index is 6.21. The highest BCUT2D eigenvalue weighted by atomic mass is 35.5. The molecule has 112 valence electrons. The lowest BCUT2D eigenvalue weighted by Gasteiger charge is -2.13. The van der Waals surface area contributed by atoms with Gasteiger partial charge in [-0.2, -0.15) is 0 Å². The van der Waals surface area contributed by atoms with E-state index in [4.69, 9.17) is 39.5 Å². The molecule has 0 heterocycles. The van der Waals surface area contributed by atoms with Gasteiger partial charge in [-0.15, -0.1) is 0 Å². The molecule has 5 heteroatoms. The van der Waals surface area contributed by atoms with Crippen LogP contribution in [0, 0.1) is 0 Å². The van der Waals surface area contributed by atoms with Crippen LogP contribution in [0.5, 0.6) is 5.75 Å². The van der Waals surface area contributed by atoms with Crippen LogP contribution in [0.2, 0.25) is 15.1 Å². The van der Waals surface area contributed by atoms with Crippen molar-refractivity contribution in [2.75, 3.05) is 5.32 Å². The first-order valence-electron chi connectivity index (χ1n) is 6.59. The van der Waals surface area contributed by atoms with Crippen molar-refractivity contribution < 1.29 is 4.74 Å². The molecule has 2 nitrogen and oxygen atoms in total. The molecule has 0 saturated heterocycles. The zero-order valence-corrected chi connectivity index (χ0v) is 14.1. The number of halogens is 3. The first-order valence-corrected chi connectivity index (χ1v) is 7.73. The van der Waals surface area contributed by atoms with Gasteiger partial charge < -0.3 is 10.1 Å². The van der Waals surface area contributed by atoms with Gasteiger partial charge in [-0.25, -0.2) is 0 Å². The molecule has 0 fully saturated rings. The standard InChI is InChI=1S/C16H16Cl3NO/c1-10(2)21-16-6-3-11(7-14(16)19)9-20-15-5-4-12(17)8-13(15)18/h3-8,10,20H,9H2,1-2H3. The normalized spacial score (nSPS) is 10.8. The van der Waals surface area contributed by atoms with Crippen LogP contribution in [0.4, 0.5) is 5.69 Å². The molecule has 0 unspecified atom stereocenters. The fraction of sp³-hybridized carbons (Fsp3) is 0.250. The highest BCUT2D eigenvalue weighted by Gasteiger charge is 2.06. The van der Waals surface area contributed by atoms with Crippen LogP contribution in [-0.2, 0) is 6.54 Å². The van der Waals surface area contributed by atoms with Crippen molar-refractivity contribution in [1.29, 1.82) is 0 Å². The van der Waals surface area contributed by atoms with Crippen LogP contribution in [0.15, 0.2) is 36.4 Å². The predicted octanol–water partition coefficient (Wildman–Crippen LogP) is 6.05. The number of hydrogen-bond acceptors (Lipinski definition) is 2. The summed E-state index contributed by atoms with van der Waals surface area (Å²) < 4.78 is 5.61. The lowest BCUT2D eigenvalue weighted by molar-refractivity contribution is 0.242. The number of ether oxygens (including phenoxy) is 1. The highest BCUT2D eigenvalue weighted by molar-refractivity contribution is 6.36. The van der Waals surface area contributed by atoms with Crippen molar-refractivity contribution in [2.45, 2.75) is 26.5 Å². The van der Waals surface area contributed by atoms with Gasteiger partial charge in [-0.3, -0.25) is 0 Å². The van der Waals surface area contributed by atoms with Crippen molar-refractivity contribution in [1.82, 2.24) is 0 Å². The van der Waals surface area contributed by atoms with Crippen LogP contribution in [0.1, 0.15) is 19.4 Å². The average molecular weight is 345 g/mol. The molecular formula is C16H16Cl3NO. The molecule has 0 aliphatic carbocycles. The van der Waals surface area contributed by atoms with E-state index in [9.17, 15) is 0 Å². The van der Waals surface area contributed by atoms with Gasteiger partial charge >= 0.3 is 0 Å². The number of rotatable bonds is 5. The Labute approximate surface area is 140 Å². The number of hydrogen-bond donors (Lipinski definition) is 1. The molecule has 2 rings (SSSR count). The Morgan fingerprint density at radius 3 is 2.38 bits per heavy atom. The van der Waals surface area contributed by atoms with E-state index < -0.39 is 0 Å². The summed E-state index contributed by atoms with van der Waals surface area (Å²) in [6.07, 6.45) is 0.0966. The molecule has 0 aliphatic rings. The van der Waals surface area contributed by atoms with Crippen LogP contribution >= 0.6 is 34.8 Å². The van der Waals surface area contributed by atoms with E-state index in [2.05, 4.69) is 5.32 Å². The third-order valence-electron chi connectivity index (χ3n) is 2.77. The van der Waals surface area contributed by atoms with E-state index in [-0.39, 0.29) is 6.10 Å². The topological polar surface area (TPSA) is 21.3 Å². The van der Waals surface area contributed by atoms with Crippen LogP contribution in [0.3, 0.4) is 0 Å². The van der Waals surface area contributed by atoms with Gasteiger partial charge in [0.1, 0.15) is 5.75 Å². The van der Waals surface area contributed by atoms with E-state index in [1.165, 1.54) is 0 Å². The summed E-state index contributed by atoms with van der Waals surface area (Å²) in [4.78, 5) is 0. The van der Waals surface area contributed by atoms with Gasteiger partial charge in [0, 0.05) is 11.6 Å². The smallest absolute Gasteiger partial charge is 0.138 e. The molecule has 0 radical (unpaired) electrons. The van der Waals surface area contributed by atoms with Crippen LogP contribution < -0.4 is 10.1 Å². The van der Waals surface area contributed by atoms with Gasteiger partial charge in [0.25, 0.3) is 0 Å². The molecule has 0 amide bonds. The molecular weight excluding hydrogens is 329 g/mol. The lowest BCUT2D eigenvalue weighted by Crippen LogP contribution is -2.06. The zero-order chi connectivity index (χ0) is 15.4. The molecule has 0 saturated carbocycles. The summed E-state index contributed by atoms with van der Waals surface area (Å²) in [5, 5.41) is 5.06. The Bertz CT molecular complexity index is 629. The zero-order valence-electron chi connectivity index (χ0n) is 11.8. The molecule has 21 heavy (non-hydrogen) atoms. The third kappa shape index (κ3) is 4.70. The average Bonchev–Trinajstić information content (AvgIpc) is 2.40. The molecule has 0 bridgehead atoms. The fourth-order valence-corrected chi connectivity index (χ4v) is 2.56.